The molecule has 0 bridgehead atoms. The van der Waals surface area contributed by atoms with Gasteiger partial charge in [-0.3, -0.25) is 4.79 Å². The van der Waals surface area contributed by atoms with Gasteiger partial charge in [-0.2, -0.15) is 0 Å². The SMILES string of the molecule is COc1cc2c(cc1OC)C[NH+](CC(N)=O)CC2. The summed E-state index contributed by atoms with van der Waals surface area (Å²) in [7, 11) is 3.26. The van der Waals surface area contributed by atoms with E-state index < -0.39 is 0 Å². The van der Waals surface area contributed by atoms with E-state index in [2.05, 4.69) is 0 Å². The number of methoxy groups -OCH3 is 2. The van der Waals surface area contributed by atoms with Gasteiger partial charge >= 0.3 is 0 Å². The lowest BCUT2D eigenvalue weighted by Gasteiger charge is -2.25. The zero-order valence-electron chi connectivity index (χ0n) is 10.8. The van der Waals surface area contributed by atoms with Crippen molar-refractivity contribution < 1.29 is 19.2 Å². The molecular formula is C13H19N2O3+. The topological polar surface area (TPSA) is 66.0 Å². The number of hydrogen-bond donors (Lipinski definition) is 2. The van der Waals surface area contributed by atoms with Crippen LogP contribution in [0.15, 0.2) is 12.1 Å². The van der Waals surface area contributed by atoms with E-state index in [1.54, 1.807) is 14.2 Å². The van der Waals surface area contributed by atoms with Gasteiger partial charge in [0.2, 0.25) is 0 Å². The molecule has 0 aliphatic carbocycles. The van der Waals surface area contributed by atoms with Gasteiger partial charge in [-0.25, -0.2) is 0 Å². The van der Waals surface area contributed by atoms with E-state index in [0.29, 0.717) is 6.54 Å². The number of ether oxygens (including phenoxy) is 2. The van der Waals surface area contributed by atoms with E-state index in [9.17, 15) is 4.79 Å². The first-order valence-electron chi connectivity index (χ1n) is 5.99. The highest BCUT2D eigenvalue weighted by Crippen LogP contribution is 2.31. The Morgan fingerprint density at radius 3 is 2.44 bits per heavy atom. The summed E-state index contributed by atoms with van der Waals surface area (Å²) in [5, 5.41) is 0. The van der Waals surface area contributed by atoms with Gasteiger partial charge in [0.25, 0.3) is 5.91 Å². The molecule has 5 nitrogen and oxygen atoms in total. The van der Waals surface area contributed by atoms with E-state index in [0.717, 1.165) is 31.0 Å². The van der Waals surface area contributed by atoms with Crippen LogP contribution in [0.25, 0.3) is 0 Å². The molecule has 1 aromatic rings. The molecule has 1 heterocycles. The molecular weight excluding hydrogens is 232 g/mol. The van der Waals surface area contributed by atoms with Crippen LogP contribution >= 0.6 is 0 Å². The van der Waals surface area contributed by atoms with Crippen molar-refractivity contribution in [3.05, 3.63) is 23.3 Å². The molecule has 1 aromatic carbocycles. The first-order chi connectivity index (χ1) is 8.63. The van der Waals surface area contributed by atoms with Gasteiger partial charge in [0, 0.05) is 12.0 Å². The second kappa shape index (κ2) is 5.27. The number of carbonyl (C=O) groups is 1. The number of carbonyl (C=O) groups excluding carboxylic acids is 1. The van der Waals surface area contributed by atoms with Crippen LogP contribution in [0.1, 0.15) is 11.1 Å². The summed E-state index contributed by atoms with van der Waals surface area (Å²) >= 11 is 0. The lowest BCUT2D eigenvalue weighted by Crippen LogP contribution is -3.12. The predicted octanol–water partition coefficient (Wildman–Crippen LogP) is -0.870. The number of primary amides is 1. The Kier molecular flexibility index (Phi) is 3.72. The Morgan fingerprint density at radius 1 is 1.28 bits per heavy atom. The molecule has 1 atom stereocenters. The molecule has 1 aliphatic heterocycles. The van der Waals surface area contributed by atoms with E-state index in [4.69, 9.17) is 15.2 Å². The van der Waals surface area contributed by atoms with Gasteiger partial charge in [0.1, 0.15) is 6.54 Å². The van der Waals surface area contributed by atoms with Crippen LogP contribution in [0.4, 0.5) is 0 Å². The maximum atomic E-state index is 11.0. The lowest BCUT2D eigenvalue weighted by atomic mass is 9.99. The number of benzene rings is 1. The van der Waals surface area contributed by atoms with Crippen molar-refractivity contribution in [2.24, 2.45) is 5.73 Å². The van der Waals surface area contributed by atoms with Crippen LogP contribution in [0.2, 0.25) is 0 Å². The third kappa shape index (κ3) is 2.56. The first-order valence-corrected chi connectivity index (χ1v) is 5.99. The van der Waals surface area contributed by atoms with E-state index >= 15 is 0 Å². The van der Waals surface area contributed by atoms with Crippen molar-refractivity contribution >= 4 is 5.91 Å². The summed E-state index contributed by atoms with van der Waals surface area (Å²) in [6.07, 6.45) is 0.929. The average molecular weight is 251 g/mol. The normalized spacial score (nSPS) is 18.0. The Hall–Kier alpha value is -1.75. The Morgan fingerprint density at radius 2 is 1.89 bits per heavy atom. The van der Waals surface area contributed by atoms with Crippen LogP contribution in [-0.4, -0.2) is 33.2 Å². The smallest absolute Gasteiger partial charge is 0.272 e. The predicted molar refractivity (Wildman–Crippen MR) is 66.8 cm³/mol. The van der Waals surface area contributed by atoms with Crippen molar-refractivity contribution in [1.82, 2.24) is 0 Å². The molecule has 0 saturated heterocycles. The van der Waals surface area contributed by atoms with Crippen molar-refractivity contribution in [3.63, 3.8) is 0 Å². The Balaban J connectivity index is 2.24. The van der Waals surface area contributed by atoms with Gasteiger partial charge in [-0.05, 0) is 17.7 Å². The highest BCUT2D eigenvalue weighted by atomic mass is 16.5. The van der Waals surface area contributed by atoms with Crippen molar-refractivity contribution in [3.8, 4) is 11.5 Å². The van der Waals surface area contributed by atoms with Crippen molar-refractivity contribution in [2.75, 3.05) is 27.3 Å². The average Bonchev–Trinajstić information content (AvgIpc) is 2.36. The summed E-state index contributed by atoms with van der Waals surface area (Å²) in [6, 6.07) is 4.02. The van der Waals surface area contributed by atoms with Gasteiger partial charge in [0.15, 0.2) is 18.0 Å². The molecule has 0 saturated carbocycles. The van der Waals surface area contributed by atoms with Crippen LogP contribution in [0.3, 0.4) is 0 Å². The molecule has 1 amide bonds. The molecule has 98 valence electrons. The minimum absolute atomic E-state index is 0.256. The maximum absolute atomic E-state index is 11.0. The minimum Gasteiger partial charge on any atom is -0.493 e. The zero-order valence-corrected chi connectivity index (χ0v) is 10.8. The Bertz CT molecular complexity index is 460. The fraction of sp³-hybridized carbons (Fsp3) is 0.462. The van der Waals surface area contributed by atoms with E-state index in [-0.39, 0.29) is 5.91 Å². The second-order valence-corrected chi connectivity index (χ2v) is 4.55. The molecule has 1 unspecified atom stereocenters. The van der Waals surface area contributed by atoms with E-state index in [1.807, 2.05) is 12.1 Å². The molecule has 5 heteroatoms. The molecule has 0 radical (unpaired) electrons. The largest absolute Gasteiger partial charge is 0.493 e. The third-order valence-corrected chi connectivity index (χ3v) is 3.32. The molecule has 2 rings (SSSR count). The van der Waals surface area contributed by atoms with Gasteiger partial charge in [-0.1, -0.05) is 0 Å². The van der Waals surface area contributed by atoms with Crippen molar-refractivity contribution in [2.45, 2.75) is 13.0 Å². The van der Waals surface area contributed by atoms with Crippen molar-refractivity contribution in [1.29, 1.82) is 0 Å². The van der Waals surface area contributed by atoms with Gasteiger partial charge in [0.05, 0.1) is 20.8 Å². The monoisotopic (exact) mass is 251 g/mol. The Labute approximate surface area is 106 Å². The van der Waals surface area contributed by atoms with Crippen LogP contribution in [0.5, 0.6) is 11.5 Å². The standard InChI is InChI=1S/C13H18N2O3/c1-17-11-5-9-3-4-15(8-13(14)16)7-10(9)6-12(11)18-2/h5-6H,3-4,7-8H2,1-2H3,(H2,14,16)/p+1. The van der Waals surface area contributed by atoms with Gasteiger partial charge in [-0.15, -0.1) is 0 Å². The maximum Gasteiger partial charge on any atom is 0.272 e. The number of fused-ring (bicyclic) bond motifs is 1. The summed E-state index contributed by atoms with van der Waals surface area (Å²) in [5.74, 6) is 1.24. The highest BCUT2D eigenvalue weighted by Gasteiger charge is 2.22. The van der Waals surface area contributed by atoms with Crippen LogP contribution in [-0.2, 0) is 17.8 Å². The number of amides is 1. The molecule has 3 N–H and O–H groups in total. The fourth-order valence-corrected chi connectivity index (χ4v) is 2.43. The van der Waals surface area contributed by atoms with Crippen LogP contribution in [0, 0.1) is 0 Å². The van der Waals surface area contributed by atoms with Crippen LogP contribution < -0.4 is 20.1 Å². The number of hydrogen-bond acceptors (Lipinski definition) is 3. The summed E-state index contributed by atoms with van der Waals surface area (Å²) in [5.41, 5.74) is 7.71. The molecule has 0 aromatic heterocycles. The molecule has 1 aliphatic rings. The lowest BCUT2D eigenvalue weighted by molar-refractivity contribution is -0.907. The van der Waals surface area contributed by atoms with Gasteiger partial charge < -0.3 is 20.1 Å². The number of nitrogens with one attached hydrogen (secondary N) is 1. The third-order valence-electron chi connectivity index (χ3n) is 3.32. The fourth-order valence-electron chi connectivity index (χ4n) is 2.43. The highest BCUT2D eigenvalue weighted by molar-refractivity contribution is 5.74. The number of nitrogens with two attached hydrogens (primary N) is 1. The molecule has 0 spiro atoms. The second-order valence-electron chi connectivity index (χ2n) is 4.55. The molecule has 0 fully saturated rings. The summed E-state index contributed by atoms with van der Waals surface area (Å²) in [4.78, 5) is 12.2. The summed E-state index contributed by atoms with van der Waals surface area (Å²) < 4.78 is 10.6. The quantitative estimate of drug-likeness (QED) is 0.731. The summed E-state index contributed by atoms with van der Waals surface area (Å²) in [6.45, 7) is 2.11. The number of quaternary nitrogens is 1. The number of rotatable bonds is 4. The first kappa shape index (κ1) is 12.7. The zero-order chi connectivity index (χ0) is 13.1. The van der Waals surface area contributed by atoms with E-state index in [1.165, 1.54) is 16.0 Å². The minimum atomic E-state index is -0.256. The molecule has 18 heavy (non-hydrogen) atoms.